The molecule has 1 amide bonds. The molecule has 0 atom stereocenters. The first-order valence-electron chi connectivity index (χ1n) is 6.18. The topological polar surface area (TPSA) is 50.4 Å². The Bertz CT molecular complexity index is 423. The van der Waals surface area contributed by atoms with E-state index in [0.717, 1.165) is 30.1 Å². The summed E-state index contributed by atoms with van der Waals surface area (Å²) in [5, 5.41) is 6.15. The van der Waals surface area contributed by atoms with Crippen molar-refractivity contribution in [2.75, 3.05) is 35.3 Å². The summed E-state index contributed by atoms with van der Waals surface area (Å²) in [7, 11) is 0. The molecule has 1 heterocycles. The molecular weight excluding hydrogens is 248 g/mol. The van der Waals surface area contributed by atoms with E-state index in [0.29, 0.717) is 0 Å². The van der Waals surface area contributed by atoms with Gasteiger partial charge in [-0.15, -0.1) is 0 Å². The minimum atomic E-state index is -0.0982. The van der Waals surface area contributed by atoms with Gasteiger partial charge in [0.15, 0.2) is 6.61 Å². The molecule has 98 valence electrons. The zero-order valence-electron chi connectivity index (χ0n) is 10.5. The highest BCUT2D eigenvalue weighted by molar-refractivity contribution is 7.99. The van der Waals surface area contributed by atoms with Gasteiger partial charge >= 0.3 is 0 Å². The third-order valence-electron chi connectivity index (χ3n) is 2.61. The molecule has 1 aromatic rings. The Morgan fingerprint density at radius 1 is 1.50 bits per heavy atom. The van der Waals surface area contributed by atoms with E-state index in [4.69, 9.17) is 4.74 Å². The van der Waals surface area contributed by atoms with Crippen molar-refractivity contribution in [3.05, 3.63) is 18.2 Å². The number of thioether (sulfide) groups is 1. The van der Waals surface area contributed by atoms with Crippen LogP contribution in [-0.2, 0) is 4.79 Å². The summed E-state index contributed by atoms with van der Waals surface area (Å²) in [4.78, 5) is 11.2. The highest BCUT2D eigenvalue weighted by atomic mass is 32.2. The van der Waals surface area contributed by atoms with E-state index in [9.17, 15) is 4.79 Å². The van der Waals surface area contributed by atoms with Crippen LogP contribution in [-0.4, -0.2) is 30.6 Å². The smallest absolute Gasteiger partial charge is 0.262 e. The second-order valence-electron chi connectivity index (χ2n) is 4.03. The second-order valence-corrected chi connectivity index (χ2v) is 5.42. The van der Waals surface area contributed by atoms with Crippen molar-refractivity contribution in [3.8, 4) is 5.75 Å². The molecule has 2 N–H and O–H groups in total. The Morgan fingerprint density at radius 3 is 3.22 bits per heavy atom. The van der Waals surface area contributed by atoms with Crippen molar-refractivity contribution in [1.82, 2.24) is 0 Å². The van der Waals surface area contributed by atoms with E-state index in [1.807, 2.05) is 30.0 Å². The lowest BCUT2D eigenvalue weighted by Gasteiger charge is -2.18. The van der Waals surface area contributed by atoms with Crippen LogP contribution in [0.25, 0.3) is 0 Å². The lowest BCUT2D eigenvalue weighted by Crippen LogP contribution is -2.25. The minimum Gasteiger partial charge on any atom is -0.482 e. The van der Waals surface area contributed by atoms with Crippen molar-refractivity contribution >= 4 is 29.0 Å². The Balaban J connectivity index is 1.86. The number of benzene rings is 1. The first-order valence-corrected chi connectivity index (χ1v) is 7.33. The van der Waals surface area contributed by atoms with Crippen LogP contribution in [0.4, 0.5) is 11.4 Å². The second kappa shape index (κ2) is 6.54. The Hall–Kier alpha value is -1.36. The minimum absolute atomic E-state index is 0.0982. The molecule has 2 rings (SSSR count). The van der Waals surface area contributed by atoms with Gasteiger partial charge in [0.2, 0.25) is 0 Å². The number of fused-ring (bicyclic) bond motifs is 1. The van der Waals surface area contributed by atoms with Gasteiger partial charge in [-0.2, -0.15) is 11.8 Å². The molecule has 18 heavy (non-hydrogen) atoms. The predicted octanol–water partition coefficient (Wildman–Crippen LogP) is 2.57. The summed E-state index contributed by atoms with van der Waals surface area (Å²) >= 11 is 1.95. The van der Waals surface area contributed by atoms with Crippen LogP contribution >= 0.6 is 11.8 Å². The maximum Gasteiger partial charge on any atom is 0.262 e. The zero-order valence-corrected chi connectivity index (χ0v) is 11.3. The standard InChI is InChI=1S/C13H18N2O2S/c1-2-18-7-3-6-14-10-4-5-12-11(8-10)15-13(16)9-17-12/h4-5,8,14H,2-3,6-7,9H2,1H3,(H,15,16). The molecule has 0 saturated carbocycles. The third kappa shape index (κ3) is 3.57. The average molecular weight is 266 g/mol. The van der Waals surface area contributed by atoms with Crippen LogP contribution in [0.2, 0.25) is 0 Å². The van der Waals surface area contributed by atoms with Gasteiger partial charge in [0.05, 0.1) is 5.69 Å². The van der Waals surface area contributed by atoms with Crippen molar-refractivity contribution in [2.24, 2.45) is 0 Å². The van der Waals surface area contributed by atoms with Crippen molar-refractivity contribution < 1.29 is 9.53 Å². The van der Waals surface area contributed by atoms with Crippen LogP contribution in [0.1, 0.15) is 13.3 Å². The van der Waals surface area contributed by atoms with Crippen molar-refractivity contribution in [1.29, 1.82) is 0 Å². The van der Waals surface area contributed by atoms with Crippen molar-refractivity contribution in [2.45, 2.75) is 13.3 Å². The fraction of sp³-hybridized carbons (Fsp3) is 0.462. The number of ether oxygens (including phenoxy) is 1. The normalized spacial score (nSPS) is 13.5. The molecular formula is C13H18N2O2S. The monoisotopic (exact) mass is 266 g/mol. The SMILES string of the molecule is CCSCCCNc1ccc2c(c1)NC(=O)CO2. The number of rotatable bonds is 6. The summed E-state index contributed by atoms with van der Waals surface area (Å²) < 4.78 is 5.31. The van der Waals surface area contributed by atoms with Gasteiger partial charge in [0.25, 0.3) is 5.91 Å². The van der Waals surface area contributed by atoms with Gasteiger partial charge in [0, 0.05) is 12.2 Å². The highest BCUT2D eigenvalue weighted by Gasteiger charge is 2.15. The van der Waals surface area contributed by atoms with Crippen LogP contribution in [0.15, 0.2) is 18.2 Å². The maximum atomic E-state index is 11.2. The summed E-state index contributed by atoms with van der Waals surface area (Å²) in [6.45, 7) is 3.22. The zero-order chi connectivity index (χ0) is 12.8. The molecule has 0 aromatic heterocycles. The van der Waals surface area contributed by atoms with Gasteiger partial charge in [-0.1, -0.05) is 6.92 Å². The molecule has 1 aromatic carbocycles. The predicted molar refractivity (Wildman–Crippen MR) is 76.7 cm³/mol. The van der Waals surface area contributed by atoms with Crippen LogP contribution in [0.5, 0.6) is 5.75 Å². The van der Waals surface area contributed by atoms with Crippen molar-refractivity contribution in [3.63, 3.8) is 0 Å². The molecule has 0 unspecified atom stereocenters. The fourth-order valence-electron chi connectivity index (χ4n) is 1.74. The van der Waals surface area contributed by atoms with Gasteiger partial charge in [0.1, 0.15) is 5.75 Å². The molecule has 1 aliphatic heterocycles. The Morgan fingerprint density at radius 2 is 2.39 bits per heavy atom. The van der Waals surface area contributed by atoms with Gasteiger partial charge in [-0.3, -0.25) is 4.79 Å². The summed E-state index contributed by atoms with van der Waals surface area (Å²) in [5.41, 5.74) is 1.76. The van der Waals surface area contributed by atoms with Gasteiger partial charge in [-0.05, 0) is 36.1 Å². The Kier molecular flexibility index (Phi) is 4.75. The number of anilines is 2. The van der Waals surface area contributed by atoms with E-state index in [2.05, 4.69) is 17.6 Å². The van der Waals surface area contributed by atoms with Crippen LogP contribution < -0.4 is 15.4 Å². The van der Waals surface area contributed by atoms with E-state index in [-0.39, 0.29) is 12.5 Å². The number of hydrogen-bond donors (Lipinski definition) is 2. The number of carbonyl (C=O) groups is 1. The number of nitrogens with one attached hydrogen (secondary N) is 2. The Labute approximate surface area is 111 Å². The molecule has 0 saturated heterocycles. The maximum absolute atomic E-state index is 11.2. The quantitative estimate of drug-likeness (QED) is 0.777. The molecule has 1 aliphatic rings. The van der Waals surface area contributed by atoms with E-state index in [1.165, 1.54) is 11.5 Å². The molecule has 4 nitrogen and oxygen atoms in total. The summed E-state index contributed by atoms with van der Waals surface area (Å²) in [6, 6.07) is 5.78. The lowest BCUT2D eigenvalue weighted by atomic mass is 10.2. The molecule has 0 aliphatic carbocycles. The molecule has 0 radical (unpaired) electrons. The average Bonchev–Trinajstić information content (AvgIpc) is 2.38. The first kappa shape index (κ1) is 13.1. The molecule has 0 fully saturated rings. The van der Waals surface area contributed by atoms with E-state index >= 15 is 0 Å². The van der Waals surface area contributed by atoms with E-state index in [1.54, 1.807) is 0 Å². The lowest BCUT2D eigenvalue weighted by molar-refractivity contribution is -0.118. The number of hydrogen-bond acceptors (Lipinski definition) is 4. The van der Waals surface area contributed by atoms with Gasteiger partial charge in [-0.25, -0.2) is 0 Å². The first-order chi connectivity index (χ1) is 8.79. The summed E-state index contributed by atoms with van der Waals surface area (Å²) in [6.07, 6.45) is 1.14. The highest BCUT2D eigenvalue weighted by Crippen LogP contribution is 2.30. The third-order valence-corrected chi connectivity index (χ3v) is 3.60. The van der Waals surface area contributed by atoms with Crippen LogP contribution in [0, 0.1) is 0 Å². The molecule has 0 bridgehead atoms. The summed E-state index contributed by atoms with van der Waals surface area (Å²) in [5.74, 6) is 2.98. The molecule has 0 spiro atoms. The van der Waals surface area contributed by atoms with E-state index < -0.39 is 0 Å². The molecule has 5 heteroatoms. The number of amides is 1. The fourth-order valence-corrected chi connectivity index (χ4v) is 2.38. The van der Waals surface area contributed by atoms with Crippen LogP contribution in [0.3, 0.4) is 0 Å². The largest absolute Gasteiger partial charge is 0.482 e. The number of carbonyl (C=O) groups excluding carboxylic acids is 1. The van der Waals surface area contributed by atoms with Gasteiger partial charge < -0.3 is 15.4 Å².